The lowest BCUT2D eigenvalue weighted by Gasteiger charge is -2.32. The van der Waals surface area contributed by atoms with Crippen LogP contribution in [0, 0.1) is 5.92 Å². The molecule has 2 rings (SSSR count). The van der Waals surface area contributed by atoms with Crippen LogP contribution in [0.3, 0.4) is 0 Å². The van der Waals surface area contributed by atoms with Gasteiger partial charge in [-0.2, -0.15) is 0 Å². The van der Waals surface area contributed by atoms with Gasteiger partial charge < -0.3 is 15.4 Å². The Bertz CT molecular complexity index is 405. The summed E-state index contributed by atoms with van der Waals surface area (Å²) in [5.41, 5.74) is 1.27. The Balaban J connectivity index is 2.00. The van der Waals surface area contributed by atoms with E-state index in [4.69, 9.17) is 4.74 Å². The molecule has 4 heteroatoms. The molecule has 1 saturated heterocycles. The molecule has 1 aromatic carbocycles. The highest BCUT2D eigenvalue weighted by molar-refractivity contribution is 5.79. The molecule has 2 atom stereocenters. The molecular formula is C15H23N3O. The number of aliphatic imine (C=N–C) groups is 1. The normalized spacial score (nSPS) is 24.0. The topological polar surface area (TPSA) is 45.7 Å². The molecule has 0 spiro atoms. The van der Waals surface area contributed by atoms with Crippen molar-refractivity contribution in [3.8, 4) is 0 Å². The molecule has 0 radical (unpaired) electrons. The second-order valence-corrected chi connectivity index (χ2v) is 4.81. The minimum absolute atomic E-state index is 0.192. The molecule has 2 unspecified atom stereocenters. The molecule has 1 fully saturated rings. The molecule has 1 aromatic rings. The number of hydrogen-bond donors (Lipinski definition) is 2. The Labute approximate surface area is 115 Å². The molecule has 0 saturated carbocycles. The monoisotopic (exact) mass is 261 g/mol. The second-order valence-electron chi connectivity index (χ2n) is 4.81. The lowest BCUT2D eigenvalue weighted by atomic mass is 9.89. The van der Waals surface area contributed by atoms with Gasteiger partial charge in [0.05, 0.1) is 6.10 Å². The molecule has 0 bridgehead atoms. The molecule has 19 heavy (non-hydrogen) atoms. The first-order valence-electron chi connectivity index (χ1n) is 6.90. The lowest BCUT2D eigenvalue weighted by Crippen LogP contribution is -2.40. The van der Waals surface area contributed by atoms with E-state index in [-0.39, 0.29) is 6.10 Å². The van der Waals surface area contributed by atoms with E-state index < -0.39 is 0 Å². The lowest BCUT2D eigenvalue weighted by molar-refractivity contribution is -0.0265. The average Bonchev–Trinajstić information content (AvgIpc) is 2.49. The van der Waals surface area contributed by atoms with E-state index in [2.05, 4.69) is 39.9 Å². The second kappa shape index (κ2) is 7.14. The zero-order valence-electron chi connectivity index (χ0n) is 11.7. The minimum atomic E-state index is 0.192. The van der Waals surface area contributed by atoms with E-state index in [1.807, 2.05) is 13.1 Å². The van der Waals surface area contributed by atoms with Crippen LogP contribution in [0.15, 0.2) is 35.3 Å². The number of ether oxygens (including phenoxy) is 1. The molecule has 4 nitrogen and oxygen atoms in total. The highest BCUT2D eigenvalue weighted by Gasteiger charge is 2.27. The van der Waals surface area contributed by atoms with Crippen LogP contribution in [-0.4, -0.2) is 33.2 Å². The van der Waals surface area contributed by atoms with Gasteiger partial charge in [-0.05, 0) is 18.4 Å². The maximum absolute atomic E-state index is 5.98. The predicted octanol–water partition coefficient (Wildman–Crippen LogP) is 1.95. The smallest absolute Gasteiger partial charge is 0.190 e. The molecule has 0 aromatic heterocycles. The Kier molecular flexibility index (Phi) is 5.21. The number of benzene rings is 1. The summed E-state index contributed by atoms with van der Waals surface area (Å²) in [6.45, 7) is 1.74. The van der Waals surface area contributed by atoms with Crippen LogP contribution in [0.5, 0.6) is 0 Å². The Morgan fingerprint density at radius 3 is 2.84 bits per heavy atom. The SMILES string of the molecule is CN=C(NC)NCC1CCCOC1c1ccccc1. The van der Waals surface area contributed by atoms with Gasteiger partial charge in [0.2, 0.25) is 0 Å². The van der Waals surface area contributed by atoms with Crippen LogP contribution in [0.25, 0.3) is 0 Å². The van der Waals surface area contributed by atoms with E-state index >= 15 is 0 Å². The molecule has 1 aliphatic heterocycles. The van der Waals surface area contributed by atoms with Gasteiger partial charge in [0.25, 0.3) is 0 Å². The molecule has 0 amide bonds. The van der Waals surface area contributed by atoms with E-state index in [0.29, 0.717) is 5.92 Å². The summed E-state index contributed by atoms with van der Waals surface area (Å²) in [6.07, 6.45) is 2.51. The van der Waals surface area contributed by atoms with E-state index in [0.717, 1.165) is 25.5 Å². The van der Waals surface area contributed by atoms with Crippen molar-refractivity contribution in [2.75, 3.05) is 27.2 Å². The highest BCUT2D eigenvalue weighted by atomic mass is 16.5. The van der Waals surface area contributed by atoms with Crippen molar-refractivity contribution < 1.29 is 4.74 Å². The summed E-state index contributed by atoms with van der Waals surface area (Å²) in [7, 11) is 3.66. The molecule has 2 N–H and O–H groups in total. The van der Waals surface area contributed by atoms with Crippen molar-refractivity contribution in [2.45, 2.75) is 18.9 Å². The van der Waals surface area contributed by atoms with Crippen LogP contribution in [-0.2, 0) is 4.74 Å². The van der Waals surface area contributed by atoms with Crippen LogP contribution in [0.1, 0.15) is 24.5 Å². The van der Waals surface area contributed by atoms with Gasteiger partial charge in [0.1, 0.15) is 0 Å². The first kappa shape index (κ1) is 13.9. The Morgan fingerprint density at radius 1 is 1.37 bits per heavy atom. The number of guanidine groups is 1. The molecule has 1 heterocycles. The number of nitrogens with one attached hydrogen (secondary N) is 2. The summed E-state index contributed by atoms with van der Waals surface area (Å²) in [5.74, 6) is 1.32. The van der Waals surface area contributed by atoms with Gasteiger partial charge >= 0.3 is 0 Å². The number of rotatable bonds is 3. The number of hydrogen-bond acceptors (Lipinski definition) is 2. The first-order valence-corrected chi connectivity index (χ1v) is 6.90. The van der Waals surface area contributed by atoms with Gasteiger partial charge in [0, 0.05) is 33.2 Å². The average molecular weight is 261 g/mol. The Hall–Kier alpha value is -1.55. The third-order valence-electron chi connectivity index (χ3n) is 3.57. The van der Waals surface area contributed by atoms with Crippen LogP contribution < -0.4 is 10.6 Å². The fraction of sp³-hybridized carbons (Fsp3) is 0.533. The summed E-state index contributed by atoms with van der Waals surface area (Å²) >= 11 is 0. The van der Waals surface area contributed by atoms with Crippen molar-refractivity contribution in [1.29, 1.82) is 0 Å². The van der Waals surface area contributed by atoms with Crippen molar-refractivity contribution >= 4 is 5.96 Å². The zero-order chi connectivity index (χ0) is 13.5. The largest absolute Gasteiger partial charge is 0.373 e. The van der Waals surface area contributed by atoms with Crippen LogP contribution in [0.2, 0.25) is 0 Å². The highest BCUT2D eigenvalue weighted by Crippen LogP contribution is 2.32. The Morgan fingerprint density at radius 2 is 2.16 bits per heavy atom. The van der Waals surface area contributed by atoms with Gasteiger partial charge in [-0.3, -0.25) is 4.99 Å². The zero-order valence-corrected chi connectivity index (χ0v) is 11.7. The van der Waals surface area contributed by atoms with E-state index in [1.54, 1.807) is 7.05 Å². The van der Waals surface area contributed by atoms with Gasteiger partial charge in [-0.15, -0.1) is 0 Å². The maximum atomic E-state index is 5.98. The fourth-order valence-corrected chi connectivity index (χ4v) is 2.57. The summed E-state index contributed by atoms with van der Waals surface area (Å²) in [4.78, 5) is 4.14. The van der Waals surface area contributed by atoms with Crippen LogP contribution in [0.4, 0.5) is 0 Å². The molecular weight excluding hydrogens is 238 g/mol. The van der Waals surface area contributed by atoms with E-state index in [1.165, 1.54) is 12.0 Å². The molecule has 0 aliphatic carbocycles. The summed E-state index contributed by atoms with van der Waals surface area (Å²) in [6, 6.07) is 10.5. The minimum Gasteiger partial charge on any atom is -0.373 e. The predicted molar refractivity (Wildman–Crippen MR) is 78.3 cm³/mol. The standard InChI is InChI=1S/C15H23N3O/c1-16-15(17-2)18-11-13-9-6-10-19-14(13)12-7-4-3-5-8-12/h3-5,7-8,13-14H,6,9-11H2,1-2H3,(H2,16,17,18). The number of nitrogens with zero attached hydrogens (tertiary/aromatic N) is 1. The van der Waals surface area contributed by atoms with E-state index in [9.17, 15) is 0 Å². The fourth-order valence-electron chi connectivity index (χ4n) is 2.57. The maximum Gasteiger partial charge on any atom is 0.190 e. The third kappa shape index (κ3) is 3.70. The van der Waals surface area contributed by atoms with Gasteiger partial charge in [0.15, 0.2) is 5.96 Å². The van der Waals surface area contributed by atoms with Crippen LogP contribution >= 0.6 is 0 Å². The molecule has 104 valence electrons. The van der Waals surface area contributed by atoms with Crippen molar-refractivity contribution in [3.63, 3.8) is 0 Å². The molecule has 1 aliphatic rings. The quantitative estimate of drug-likeness (QED) is 0.646. The van der Waals surface area contributed by atoms with Gasteiger partial charge in [-0.25, -0.2) is 0 Å². The summed E-state index contributed by atoms with van der Waals surface area (Å²) in [5, 5.41) is 6.39. The first-order chi connectivity index (χ1) is 9.35. The van der Waals surface area contributed by atoms with Crippen molar-refractivity contribution in [3.05, 3.63) is 35.9 Å². The summed E-state index contributed by atoms with van der Waals surface area (Å²) < 4.78 is 5.98. The van der Waals surface area contributed by atoms with Crippen molar-refractivity contribution in [2.24, 2.45) is 10.9 Å². The third-order valence-corrected chi connectivity index (χ3v) is 3.57. The van der Waals surface area contributed by atoms with Crippen molar-refractivity contribution in [1.82, 2.24) is 10.6 Å². The van der Waals surface area contributed by atoms with Gasteiger partial charge in [-0.1, -0.05) is 30.3 Å².